The minimum Gasteiger partial charge on any atom is -0.398 e. The smallest absolute Gasteiger partial charge is 0.123 e. The number of nitrogen functional groups attached to an aromatic ring is 1. The Hall–Kier alpha value is -1.58. The zero-order valence-corrected chi connectivity index (χ0v) is 11.5. The number of nitrogens with zero attached hydrogens (tertiary/aromatic N) is 1. The number of benzene rings is 2. The van der Waals surface area contributed by atoms with Gasteiger partial charge in [-0.3, -0.25) is 4.90 Å². The number of nitrogens with two attached hydrogens (primary N) is 1. The third-order valence-corrected chi connectivity index (χ3v) is 3.12. The summed E-state index contributed by atoms with van der Waals surface area (Å²) in [5, 5.41) is 0.719. The van der Waals surface area contributed by atoms with Gasteiger partial charge in [-0.2, -0.15) is 0 Å². The minimum absolute atomic E-state index is 0.264. The third-order valence-electron chi connectivity index (χ3n) is 2.89. The number of halogens is 2. The maximum Gasteiger partial charge on any atom is 0.123 e. The van der Waals surface area contributed by atoms with Crippen molar-refractivity contribution in [2.24, 2.45) is 0 Å². The van der Waals surface area contributed by atoms with Crippen molar-refractivity contribution >= 4 is 17.3 Å². The molecule has 0 radical (unpaired) electrons. The van der Waals surface area contributed by atoms with Crippen LogP contribution < -0.4 is 5.73 Å². The Morgan fingerprint density at radius 2 is 1.95 bits per heavy atom. The van der Waals surface area contributed by atoms with Gasteiger partial charge in [-0.05, 0) is 48.5 Å². The van der Waals surface area contributed by atoms with E-state index in [9.17, 15) is 4.39 Å². The van der Waals surface area contributed by atoms with E-state index in [1.54, 1.807) is 6.07 Å². The second-order valence-corrected chi connectivity index (χ2v) is 5.08. The molecule has 2 N–H and O–H groups in total. The van der Waals surface area contributed by atoms with E-state index in [0.717, 1.165) is 22.7 Å². The predicted octanol–water partition coefficient (Wildman–Crippen LogP) is 3.69. The third kappa shape index (κ3) is 3.94. The molecule has 0 heterocycles. The molecule has 0 bridgehead atoms. The molecule has 0 atom stereocenters. The predicted molar refractivity (Wildman–Crippen MR) is 77.4 cm³/mol. The van der Waals surface area contributed by atoms with Gasteiger partial charge in [0.1, 0.15) is 5.82 Å². The van der Waals surface area contributed by atoms with E-state index in [2.05, 4.69) is 4.90 Å². The van der Waals surface area contributed by atoms with E-state index in [0.29, 0.717) is 12.2 Å². The maximum absolute atomic E-state index is 13.2. The lowest BCUT2D eigenvalue weighted by molar-refractivity contribution is 0.319. The molecule has 100 valence electrons. The van der Waals surface area contributed by atoms with Crippen molar-refractivity contribution in [3.8, 4) is 0 Å². The highest BCUT2D eigenvalue weighted by Gasteiger charge is 2.06. The van der Waals surface area contributed by atoms with Gasteiger partial charge in [0.2, 0.25) is 0 Å². The average Bonchev–Trinajstić information content (AvgIpc) is 2.34. The fourth-order valence-electron chi connectivity index (χ4n) is 2.00. The van der Waals surface area contributed by atoms with Gasteiger partial charge in [-0.1, -0.05) is 23.7 Å². The Kier molecular flexibility index (Phi) is 4.40. The molecular weight excluding hydrogens is 263 g/mol. The number of rotatable bonds is 4. The summed E-state index contributed by atoms with van der Waals surface area (Å²) in [4.78, 5) is 2.07. The molecule has 0 amide bonds. The monoisotopic (exact) mass is 278 g/mol. The van der Waals surface area contributed by atoms with Crippen LogP contribution in [0.4, 0.5) is 10.1 Å². The van der Waals surface area contributed by atoms with Gasteiger partial charge < -0.3 is 5.73 Å². The van der Waals surface area contributed by atoms with Crippen LogP contribution in [-0.4, -0.2) is 11.9 Å². The van der Waals surface area contributed by atoms with E-state index in [1.165, 1.54) is 12.1 Å². The van der Waals surface area contributed by atoms with Gasteiger partial charge >= 0.3 is 0 Å². The molecule has 0 saturated heterocycles. The van der Waals surface area contributed by atoms with Crippen LogP contribution in [0.1, 0.15) is 11.1 Å². The van der Waals surface area contributed by atoms with E-state index >= 15 is 0 Å². The fraction of sp³-hybridized carbons (Fsp3) is 0.200. The molecule has 0 saturated carbocycles. The second-order valence-electron chi connectivity index (χ2n) is 4.65. The van der Waals surface area contributed by atoms with Crippen LogP contribution in [0.15, 0.2) is 42.5 Å². The molecule has 0 aliphatic heterocycles. The van der Waals surface area contributed by atoms with Crippen LogP contribution in [0.3, 0.4) is 0 Å². The summed E-state index contributed by atoms with van der Waals surface area (Å²) in [6.45, 7) is 1.33. The second kappa shape index (κ2) is 6.04. The summed E-state index contributed by atoms with van der Waals surface area (Å²) in [5.41, 5.74) is 8.36. The Morgan fingerprint density at radius 3 is 2.68 bits per heavy atom. The number of anilines is 1. The Morgan fingerprint density at radius 1 is 1.16 bits per heavy atom. The molecule has 0 aliphatic rings. The first kappa shape index (κ1) is 13.8. The fourth-order valence-corrected chi connectivity index (χ4v) is 2.22. The summed E-state index contributed by atoms with van der Waals surface area (Å²) in [7, 11) is 1.96. The summed E-state index contributed by atoms with van der Waals surface area (Å²) in [6, 6.07) is 12.1. The van der Waals surface area contributed by atoms with Crippen LogP contribution in [0.5, 0.6) is 0 Å². The zero-order valence-electron chi connectivity index (χ0n) is 10.7. The molecular formula is C15H16ClFN2. The summed E-state index contributed by atoms with van der Waals surface area (Å²) >= 11 is 5.95. The van der Waals surface area contributed by atoms with E-state index in [-0.39, 0.29) is 5.82 Å². The Balaban J connectivity index is 2.05. The van der Waals surface area contributed by atoms with Crippen LogP contribution in [-0.2, 0) is 13.1 Å². The normalized spacial score (nSPS) is 10.9. The van der Waals surface area contributed by atoms with Crippen molar-refractivity contribution in [2.75, 3.05) is 12.8 Å². The van der Waals surface area contributed by atoms with Gasteiger partial charge in [0.25, 0.3) is 0 Å². The van der Waals surface area contributed by atoms with Crippen molar-refractivity contribution in [3.63, 3.8) is 0 Å². The Labute approximate surface area is 117 Å². The molecule has 0 aliphatic carbocycles. The van der Waals surface area contributed by atoms with Crippen molar-refractivity contribution in [2.45, 2.75) is 13.1 Å². The quantitative estimate of drug-likeness (QED) is 0.864. The van der Waals surface area contributed by atoms with E-state index in [4.69, 9.17) is 17.3 Å². The highest BCUT2D eigenvalue weighted by Crippen LogP contribution is 2.17. The largest absolute Gasteiger partial charge is 0.398 e. The molecule has 0 unspecified atom stereocenters. The van der Waals surface area contributed by atoms with Crippen LogP contribution in [0.2, 0.25) is 5.02 Å². The van der Waals surface area contributed by atoms with Crippen LogP contribution >= 0.6 is 11.6 Å². The maximum atomic E-state index is 13.2. The first-order valence-electron chi connectivity index (χ1n) is 6.01. The van der Waals surface area contributed by atoms with E-state index in [1.807, 2.05) is 31.3 Å². The highest BCUT2D eigenvalue weighted by atomic mass is 35.5. The summed E-state index contributed by atoms with van der Waals surface area (Å²) < 4.78 is 13.2. The molecule has 4 heteroatoms. The Bertz CT molecular complexity index is 572. The summed E-state index contributed by atoms with van der Waals surface area (Å²) in [5.74, 6) is -0.264. The van der Waals surface area contributed by atoms with Crippen LogP contribution in [0, 0.1) is 5.82 Å². The van der Waals surface area contributed by atoms with Crippen molar-refractivity contribution in [3.05, 3.63) is 64.4 Å². The van der Waals surface area contributed by atoms with Gasteiger partial charge in [-0.25, -0.2) is 4.39 Å². The number of hydrogen-bond donors (Lipinski definition) is 1. The molecule has 2 aromatic rings. The lowest BCUT2D eigenvalue weighted by Crippen LogP contribution is -2.18. The van der Waals surface area contributed by atoms with Crippen LogP contribution in [0.25, 0.3) is 0 Å². The first-order chi connectivity index (χ1) is 9.04. The average molecular weight is 279 g/mol. The SMILES string of the molecule is CN(Cc1cccc(Cl)c1)Cc1cc(F)ccc1N. The van der Waals surface area contributed by atoms with Crippen molar-refractivity contribution in [1.82, 2.24) is 4.90 Å². The molecule has 2 rings (SSSR count). The lowest BCUT2D eigenvalue weighted by Gasteiger charge is -2.18. The lowest BCUT2D eigenvalue weighted by atomic mass is 10.1. The molecule has 0 fully saturated rings. The van der Waals surface area contributed by atoms with E-state index < -0.39 is 0 Å². The van der Waals surface area contributed by atoms with Crippen molar-refractivity contribution < 1.29 is 4.39 Å². The molecule has 2 nitrogen and oxygen atoms in total. The summed E-state index contributed by atoms with van der Waals surface area (Å²) in [6.07, 6.45) is 0. The first-order valence-corrected chi connectivity index (χ1v) is 6.39. The van der Waals surface area contributed by atoms with Gasteiger partial charge in [0.15, 0.2) is 0 Å². The standard InChI is InChI=1S/C15H16ClFN2/c1-19(9-11-3-2-4-13(16)7-11)10-12-8-14(17)5-6-15(12)18/h2-8H,9-10,18H2,1H3. The van der Waals surface area contributed by atoms with Gasteiger partial charge in [-0.15, -0.1) is 0 Å². The molecule has 2 aromatic carbocycles. The van der Waals surface area contributed by atoms with Gasteiger partial charge in [0, 0.05) is 23.8 Å². The number of hydrogen-bond acceptors (Lipinski definition) is 2. The molecule has 19 heavy (non-hydrogen) atoms. The molecule has 0 spiro atoms. The topological polar surface area (TPSA) is 29.3 Å². The minimum atomic E-state index is -0.264. The zero-order chi connectivity index (χ0) is 13.8. The highest BCUT2D eigenvalue weighted by molar-refractivity contribution is 6.30. The van der Waals surface area contributed by atoms with Gasteiger partial charge in [0.05, 0.1) is 0 Å². The van der Waals surface area contributed by atoms with Crippen molar-refractivity contribution in [1.29, 1.82) is 0 Å². The molecule has 0 aromatic heterocycles.